The van der Waals surface area contributed by atoms with Crippen LogP contribution in [-0.2, 0) is 5.60 Å². The summed E-state index contributed by atoms with van der Waals surface area (Å²) in [5, 5.41) is 12.4. The zero-order valence-electron chi connectivity index (χ0n) is 17.8. The van der Waals surface area contributed by atoms with Crippen LogP contribution in [0, 0.1) is 20.8 Å². The van der Waals surface area contributed by atoms with E-state index >= 15 is 0 Å². The van der Waals surface area contributed by atoms with Gasteiger partial charge in [-0.05, 0) is 80.7 Å². The maximum atomic E-state index is 12.4. The Hall–Kier alpha value is -2.42. The zero-order chi connectivity index (χ0) is 20.5. The van der Waals surface area contributed by atoms with Gasteiger partial charge in [0.1, 0.15) is 5.60 Å². The molecule has 0 fully saturated rings. The summed E-state index contributed by atoms with van der Waals surface area (Å²) < 4.78 is 0. The number of hydrogen-bond donors (Lipinski definition) is 1. The van der Waals surface area contributed by atoms with Crippen molar-refractivity contribution in [1.82, 2.24) is 4.90 Å². The molecule has 1 N–H and O–H groups in total. The van der Waals surface area contributed by atoms with Crippen molar-refractivity contribution in [3.8, 4) is 0 Å². The van der Waals surface area contributed by atoms with Crippen molar-refractivity contribution >= 4 is 0 Å². The Bertz CT molecular complexity index is 961. The molecule has 3 rings (SSSR count). The Balaban J connectivity index is 2.37. The SMILES string of the molecule is Cc1cc(C)c([C@](O)(c2ccccc2)c2ccccc2[C@@H](C)N(C)C)cc1C. The van der Waals surface area contributed by atoms with E-state index in [9.17, 15) is 5.11 Å². The van der Waals surface area contributed by atoms with Crippen LogP contribution in [0.4, 0.5) is 0 Å². The van der Waals surface area contributed by atoms with Gasteiger partial charge in [-0.2, -0.15) is 0 Å². The molecule has 0 bridgehead atoms. The lowest BCUT2D eigenvalue weighted by atomic mass is 9.75. The van der Waals surface area contributed by atoms with Gasteiger partial charge in [-0.25, -0.2) is 0 Å². The van der Waals surface area contributed by atoms with E-state index in [4.69, 9.17) is 0 Å². The predicted octanol–water partition coefficient (Wildman–Crippen LogP) is 5.52. The second kappa shape index (κ2) is 7.90. The molecule has 0 aromatic heterocycles. The van der Waals surface area contributed by atoms with E-state index in [1.165, 1.54) is 11.1 Å². The smallest absolute Gasteiger partial charge is 0.141 e. The number of hydrogen-bond acceptors (Lipinski definition) is 2. The lowest BCUT2D eigenvalue weighted by molar-refractivity contribution is 0.122. The first kappa shape index (κ1) is 20.3. The summed E-state index contributed by atoms with van der Waals surface area (Å²) in [4.78, 5) is 2.18. The lowest BCUT2D eigenvalue weighted by Gasteiger charge is -2.36. The molecule has 28 heavy (non-hydrogen) atoms. The van der Waals surface area contributed by atoms with Gasteiger partial charge >= 0.3 is 0 Å². The number of aliphatic hydroxyl groups is 1. The largest absolute Gasteiger partial charge is 0.376 e. The van der Waals surface area contributed by atoms with E-state index in [0.717, 1.165) is 27.8 Å². The fraction of sp³-hybridized carbons (Fsp3) is 0.308. The van der Waals surface area contributed by atoms with Crippen LogP contribution in [0.15, 0.2) is 66.7 Å². The fourth-order valence-corrected chi connectivity index (χ4v) is 3.95. The highest BCUT2D eigenvalue weighted by Crippen LogP contribution is 2.42. The fourth-order valence-electron chi connectivity index (χ4n) is 3.95. The highest BCUT2D eigenvalue weighted by Gasteiger charge is 2.38. The van der Waals surface area contributed by atoms with Crippen LogP contribution < -0.4 is 0 Å². The Kier molecular flexibility index (Phi) is 5.74. The molecule has 0 aliphatic rings. The van der Waals surface area contributed by atoms with Crippen LogP contribution in [0.1, 0.15) is 51.9 Å². The first-order chi connectivity index (χ1) is 13.3. The minimum Gasteiger partial charge on any atom is -0.376 e. The summed E-state index contributed by atoms with van der Waals surface area (Å²) >= 11 is 0. The molecule has 2 heteroatoms. The molecular formula is C26H31NO. The van der Waals surface area contributed by atoms with Gasteiger partial charge in [0.05, 0.1) is 0 Å². The van der Waals surface area contributed by atoms with Crippen molar-refractivity contribution in [2.75, 3.05) is 14.1 Å². The van der Waals surface area contributed by atoms with Gasteiger partial charge < -0.3 is 10.0 Å². The van der Waals surface area contributed by atoms with Crippen LogP contribution in [-0.4, -0.2) is 24.1 Å². The predicted molar refractivity (Wildman–Crippen MR) is 118 cm³/mol. The van der Waals surface area contributed by atoms with E-state index in [-0.39, 0.29) is 6.04 Å². The summed E-state index contributed by atoms with van der Waals surface area (Å²) in [7, 11) is 4.15. The molecule has 0 unspecified atom stereocenters. The highest BCUT2D eigenvalue weighted by molar-refractivity contribution is 5.54. The normalized spacial score (nSPS) is 14.7. The molecule has 0 spiro atoms. The molecule has 146 valence electrons. The molecule has 0 amide bonds. The first-order valence-corrected chi connectivity index (χ1v) is 9.88. The summed E-state index contributed by atoms with van der Waals surface area (Å²) in [6.07, 6.45) is 0. The van der Waals surface area contributed by atoms with Gasteiger partial charge in [-0.3, -0.25) is 0 Å². The Morgan fingerprint density at radius 1 is 0.750 bits per heavy atom. The van der Waals surface area contributed by atoms with E-state index in [1.54, 1.807) is 0 Å². The highest BCUT2D eigenvalue weighted by atomic mass is 16.3. The maximum Gasteiger partial charge on any atom is 0.141 e. The summed E-state index contributed by atoms with van der Waals surface area (Å²) in [5.41, 5.74) is 6.22. The minimum absolute atomic E-state index is 0.179. The third-order valence-electron chi connectivity index (χ3n) is 6.00. The first-order valence-electron chi connectivity index (χ1n) is 9.88. The second-order valence-electron chi connectivity index (χ2n) is 8.05. The van der Waals surface area contributed by atoms with Crippen LogP contribution in [0.25, 0.3) is 0 Å². The van der Waals surface area contributed by atoms with Gasteiger partial charge in [0.15, 0.2) is 0 Å². The third-order valence-corrected chi connectivity index (χ3v) is 6.00. The molecule has 3 aromatic rings. The Morgan fingerprint density at radius 2 is 1.32 bits per heavy atom. The molecule has 2 atom stereocenters. The maximum absolute atomic E-state index is 12.4. The van der Waals surface area contributed by atoms with E-state index < -0.39 is 5.60 Å². The molecule has 0 heterocycles. The number of rotatable bonds is 5. The van der Waals surface area contributed by atoms with Gasteiger partial charge in [0.25, 0.3) is 0 Å². The molecule has 0 saturated heterocycles. The van der Waals surface area contributed by atoms with Gasteiger partial charge in [0, 0.05) is 6.04 Å². The van der Waals surface area contributed by atoms with Crippen LogP contribution in [0.3, 0.4) is 0 Å². The Labute approximate surface area is 169 Å². The number of aryl methyl sites for hydroxylation is 3. The molecule has 2 nitrogen and oxygen atoms in total. The summed E-state index contributed by atoms with van der Waals surface area (Å²) in [6, 6.07) is 22.8. The van der Waals surface area contributed by atoms with Gasteiger partial charge in [0.2, 0.25) is 0 Å². The van der Waals surface area contributed by atoms with Crippen molar-refractivity contribution in [3.05, 3.63) is 106 Å². The van der Waals surface area contributed by atoms with E-state index in [0.29, 0.717) is 0 Å². The topological polar surface area (TPSA) is 23.5 Å². The molecule has 0 aliphatic heterocycles. The van der Waals surface area contributed by atoms with Crippen molar-refractivity contribution in [3.63, 3.8) is 0 Å². The van der Waals surface area contributed by atoms with Crippen molar-refractivity contribution < 1.29 is 5.11 Å². The van der Waals surface area contributed by atoms with Crippen LogP contribution in [0.5, 0.6) is 0 Å². The number of nitrogens with zero attached hydrogens (tertiary/aromatic N) is 1. The molecule has 0 aliphatic carbocycles. The Morgan fingerprint density at radius 3 is 1.96 bits per heavy atom. The summed E-state index contributed by atoms with van der Waals surface area (Å²) in [6.45, 7) is 8.50. The van der Waals surface area contributed by atoms with E-state index in [1.807, 2.05) is 36.4 Å². The minimum atomic E-state index is -1.22. The zero-order valence-corrected chi connectivity index (χ0v) is 17.8. The van der Waals surface area contributed by atoms with Crippen molar-refractivity contribution in [2.45, 2.75) is 39.3 Å². The molecular weight excluding hydrogens is 342 g/mol. The number of benzene rings is 3. The standard InChI is InChI=1S/C26H31NO/c1-18-16-20(3)25(17-19(18)2)26(28,22-12-8-7-9-13-22)24-15-11-10-14-23(24)21(4)27(5)6/h7-17,21,28H,1-6H3/t21-,26+/m1/s1. The van der Waals surface area contributed by atoms with Crippen LogP contribution >= 0.6 is 0 Å². The van der Waals surface area contributed by atoms with Crippen molar-refractivity contribution in [1.29, 1.82) is 0 Å². The molecule has 0 radical (unpaired) electrons. The lowest BCUT2D eigenvalue weighted by Crippen LogP contribution is -2.33. The average Bonchev–Trinajstić information content (AvgIpc) is 2.70. The second-order valence-corrected chi connectivity index (χ2v) is 8.05. The third kappa shape index (κ3) is 3.50. The molecule has 3 aromatic carbocycles. The molecule has 0 saturated carbocycles. The van der Waals surface area contributed by atoms with Gasteiger partial charge in [-0.1, -0.05) is 66.7 Å². The summed E-state index contributed by atoms with van der Waals surface area (Å²) in [5.74, 6) is 0. The van der Waals surface area contributed by atoms with Crippen LogP contribution in [0.2, 0.25) is 0 Å². The van der Waals surface area contributed by atoms with Gasteiger partial charge in [-0.15, -0.1) is 0 Å². The monoisotopic (exact) mass is 373 g/mol. The average molecular weight is 374 g/mol. The van der Waals surface area contributed by atoms with Crippen molar-refractivity contribution in [2.24, 2.45) is 0 Å². The van der Waals surface area contributed by atoms with E-state index in [2.05, 4.69) is 77.0 Å². The quantitative estimate of drug-likeness (QED) is 0.595.